The van der Waals surface area contributed by atoms with Gasteiger partial charge >= 0.3 is 0 Å². The van der Waals surface area contributed by atoms with Gasteiger partial charge in [-0.3, -0.25) is 9.80 Å². The van der Waals surface area contributed by atoms with Gasteiger partial charge in [0.15, 0.2) is 0 Å². The van der Waals surface area contributed by atoms with Crippen LogP contribution in [0.4, 0.5) is 11.4 Å². The Kier molecular flexibility index (Phi) is 14.5. The molecule has 0 spiro atoms. The maximum atomic E-state index is 12.8. The first-order valence-corrected chi connectivity index (χ1v) is 14.0. The van der Waals surface area contributed by atoms with Crippen molar-refractivity contribution in [1.82, 2.24) is 15.7 Å². The van der Waals surface area contributed by atoms with E-state index in [1.807, 2.05) is 58.4 Å². The minimum absolute atomic E-state index is 0.174. The van der Waals surface area contributed by atoms with E-state index in [2.05, 4.69) is 50.8 Å². The fourth-order valence-electron chi connectivity index (χ4n) is 4.27. The third-order valence-corrected chi connectivity index (χ3v) is 6.41. The number of aromatic nitrogens is 1. The Labute approximate surface area is 248 Å². The molecule has 1 aromatic heterocycles. The first-order chi connectivity index (χ1) is 19.9. The minimum atomic E-state index is -0.299. The monoisotopic (exact) mass is 576 g/mol. The van der Waals surface area contributed by atoms with Crippen molar-refractivity contribution in [2.45, 2.75) is 32.6 Å². The van der Waals surface area contributed by atoms with Gasteiger partial charge in [-0.25, -0.2) is 10.4 Å². The number of amides is 1. The highest BCUT2D eigenvalue weighted by atomic mass is 35.5. The average Bonchev–Trinajstić information content (AvgIpc) is 2.99. The average molecular weight is 577 g/mol. The first-order valence-electron chi connectivity index (χ1n) is 13.6. The number of rotatable bonds is 9. The molecular formula is C32H41ClN6O2. The van der Waals surface area contributed by atoms with Crippen LogP contribution in [-0.2, 0) is 11.2 Å². The van der Waals surface area contributed by atoms with Gasteiger partial charge in [-0.2, -0.15) is 0 Å². The van der Waals surface area contributed by atoms with Crippen molar-refractivity contribution in [2.75, 3.05) is 38.0 Å². The number of aldehydes is 1. The van der Waals surface area contributed by atoms with E-state index in [1.165, 1.54) is 11.1 Å². The number of nitrogens with two attached hydrogens (primary N) is 1. The summed E-state index contributed by atoms with van der Waals surface area (Å²) in [5, 5.41) is 7.97. The third-order valence-electron chi connectivity index (χ3n) is 6.10. The molecule has 0 atom stereocenters. The maximum Gasteiger partial charge on any atom is 0.258 e. The van der Waals surface area contributed by atoms with Gasteiger partial charge in [0, 0.05) is 30.9 Å². The van der Waals surface area contributed by atoms with Gasteiger partial charge in [0.25, 0.3) is 5.91 Å². The van der Waals surface area contributed by atoms with Gasteiger partial charge in [0.1, 0.15) is 11.4 Å². The van der Waals surface area contributed by atoms with Crippen molar-refractivity contribution in [2.24, 2.45) is 5.73 Å². The van der Waals surface area contributed by atoms with E-state index in [1.54, 1.807) is 18.3 Å². The number of halogens is 1. The van der Waals surface area contributed by atoms with Crippen LogP contribution in [0.15, 0.2) is 72.9 Å². The number of aryl methyl sites for hydroxylation is 1. The van der Waals surface area contributed by atoms with E-state index in [4.69, 9.17) is 17.3 Å². The topological polar surface area (TPSA) is 112 Å². The van der Waals surface area contributed by atoms with Crippen LogP contribution in [-0.4, -0.2) is 44.9 Å². The summed E-state index contributed by atoms with van der Waals surface area (Å²) in [5.74, 6) is -0.299. The number of fused-ring (bicyclic) bond motifs is 1. The number of carbonyl (C=O) groups is 2. The smallest absolute Gasteiger partial charge is 0.258 e. The predicted octanol–water partition coefficient (Wildman–Crippen LogP) is 5.71. The number of nitrogens with one attached hydrogen (secondary N) is 3. The van der Waals surface area contributed by atoms with Crippen molar-refractivity contribution in [3.8, 4) is 0 Å². The summed E-state index contributed by atoms with van der Waals surface area (Å²) in [4.78, 5) is 26.0. The van der Waals surface area contributed by atoms with Crippen molar-refractivity contribution in [1.29, 1.82) is 0 Å². The summed E-state index contributed by atoms with van der Waals surface area (Å²) < 4.78 is 0. The van der Waals surface area contributed by atoms with Gasteiger partial charge in [0.2, 0.25) is 0 Å². The molecule has 1 aliphatic rings. The number of anilines is 2. The maximum absolute atomic E-state index is 12.8. The Balaban J connectivity index is 0.000000759. The lowest BCUT2D eigenvalue weighted by Crippen LogP contribution is -2.35. The Hall–Kier alpha value is -3.82. The molecule has 8 nitrogen and oxygen atoms in total. The number of hydrazine groups is 1. The van der Waals surface area contributed by atoms with E-state index in [-0.39, 0.29) is 11.1 Å². The second kappa shape index (κ2) is 17.8. The lowest BCUT2D eigenvalue weighted by atomic mass is 9.87. The molecule has 41 heavy (non-hydrogen) atoms. The molecule has 4 rings (SSSR count). The number of carbonyl (C=O) groups excluding carboxylic acids is 2. The summed E-state index contributed by atoms with van der Waals surface area (Å²) in [5.41, 5.74) is 17.0. The van der Waals surface area contributed by atoms with Crippen LogP contribution in [0.25, 0.3) is 11.8 Å². The molecule has 218 valence electrons. The molecule has 0 unspecified atom stereocenters. The van der Waals surface area contributed by atoms with Crippen molar-refractivity contribution < 1.29 is 9.59 Å². The molecule has 0 saturated heterocycles. The molecule has 2 aromatic carbocycles. The summed E-state index contributed by atoms with van der Waals surface area (Å²) >= 11 is 6.12. The zero-order valence-corrected chi connectivity index (χ0v) is 25.1. The van der Waals surface area contributed by atoms with E-state index in [9.17, 15) is 9.59 Å². The number of hydrogen-bond acceptors (Lipinski definition) is 7. The van der Waals surface area contributed by atoms with Gasteiger partial charge in [-0.05, 0) is 93.0 Å². The minimum Gasteiger partial charge on any atom is -0.330 e. The highest BCUT2D eigenvalue weighted by Gasteiger charge is 2.25. The lowest BCUT2D eigenvalue weighted by molar-refractivity contribution is -0.107. The van der Waals surface area contributed by atoms with E-state index in [0.717, 1.165) is 48.1 Å². The Morgan fingerprint density at radius 1 is 1.12 bits per heavy atom. The molecule has 1 aliphatic carbocycles. The fraction of sp³-hybridized carbons (Fsp3) is 0.281. The number of pyridine rings is 1. The third kappa shape index (κ3) is 9.37. The molecule has 3 aromatic rings. The van der Waals surface area contributed by atoms with Gasteiger partial charge in [-0.15, -0.1) is 0 Å². The summed E-state index contributed by atoms with van der Waals surface area (Å²) in [6, 6.07) is 17.6. The van der Waals surface area contributed by atoms with Crippen LogP contribution in [0.5, 0.6) is 0 Å². The normalized spacial score (nSPS) is 11.7. The molecule has 0 aliphatic heterocycles. The second-order valence-electron chi connectivity index (χ2n) is 9.09. The summed E-state index contributed by atoms with van der Waals surface area (Å²) in [7, 11) is 5.65. The van der Waals surface area contributed by atoms with E-state index < -0.39 is 0 Å². The molecule has 0 fully saturated rings. The van der Waals surface area contributed by atoms with Crippen LogP contribution < -0.4 is 26.8 Å². The Morgan fingerprint density at radius 2 is 1.80 bits per heavy atom. The standard InChI is InChI=1S/C27H28ClN5O.C3H6O.C2H7N/c1-3-18-6-12-22(13-7-18)33(30-2)25-20(14-15-29)9-8-19-10-11-21(17-24(19)25)32-27(34)23-5-4-16-31-26(23)28;1-2-3-4;1-3-2/h3-7,10-13,16-17,30H,1,8-9,14-15,29H2,2H3,(H,32,34);3H,2H2,1H3;3H,1-2H3. The SMILES string of the molecule is C=Cc1ccc(N(NC)C2=C(CCN)CCc3ccc(NC(=O)c4cccnc4Cl)cc32)cc1.CCC=O.CNC. The zero-order valence-electron chi connectivity index (χ0n) is 24.3. The molecule has 0 radical (unpaired) electrons. The van der Waals surface area contributed by atoms with Crippen LogP contribution in [0.2, 0.25) is 5.15 Å². The molecule has 0 bridgehead atoms. The molecule has 9 heteroatoms. The largest absolute Gasteiger partial charge is 0.330 e. The molecule has 0 saturated carbocycles. The van der Waals surface area contributed by atoms with E-state index in [0.29, 0.717) is 24.2 Å². The van der Waals surface area contributed by atoms with Crippen LogP contribution in [0.3, 0.4) is 0 Å². The van der Waals surface area contributed by atoms with E-state index >= 15 is 0 Å². The van der Waals surface area contributed by atoms with Crippen LogP contribution in [0, 0.1) is 0 Å². The Bertz CT molecular complexity index is 1320. The second-order valence-corrected chi connectivity index (χ2v) is 9.45. The highest BCUT2D eigenvalue weighted by Crippen LogP contribution is 2.38. The zero-order chi connectivity index (χ0) is 30.2. The van der Waals surface area contributed by atoms with Gasteiger partial charge < -0.3 is 21.2 Å². The summed E-state index contributed by atoms with van der Waals surface area (Å²) in [6.45, 7) is 6.22. The van der Waals surface area contributed by atoms with Gasteiger partial charge in [-0.1, -0.05) is 49.4 Å². The first kappa shape index (κ1) is 33.4. The quantitative estimate of drug-likeness (QED) is 0.147. The Morgan fingerprint density at radius 3 is 2.37 bits per heavy atom. The highest BCUT2D eigenvalue weighted by molar-refractivity contribution is 6.33. The number of benzene rings is 2. The van der Waals surface area contributed by atoms with Crippen LogP contribution >= 0.6 is 11.6 Å². The van der Waals surface area contributed by atoms with Crippen molar-refractivity contribution >= 4 is 46.9 Å². The molecule has 1 amide bonds. The van der Waals surface area contributed by atoms with Crippen LogP contribution in [0.1, 0.15) is 53.2 Å². The molecule has 5 N–H and O–H groups in total. The number of hydrogen-bond donors (Lipinski definition) is 4. The van der Waals surface area contributed by atoms with Crippen molar-refractivity contribution in [3.05, 3.63) is 100 Å². The molecule has 1 heterocycles. The summed E-state index contributed by atoms with van der Waals surface area (Å²) in [6.07, 6.45) is 7.54. The van der Waals surface area contributed by atoms with Gasteiger partial charge in [0.05, 0.1) is 16.9 Å². The predicted molar refractivity (Wildman–Crippen MR) is 172 cm³/mol. The number of nitrogens with zero attached hydrogens (tertiary/aromatic N) is 2. The van der Waals surface area contributed by atoms with Crippen molar-refractivity contribution in [3.63, 3.8) is 0 Å². The fourth-order valence-corrected chi connectivity index (χ4v) is 4.47. The lowest BCUT2D eigenvalue weighted by Gasteiger charge is -2.33. The molecular weight excluding hydrogens is 536 g/mol.